The zero-order chi connectivity index (χ0) is 19.4. The van der Waals surface area contributed by atoms with Crippen LogP contribution < -0.4 is 5.32 Å². The van der Waals surface area contributed by atoms with Crippen LogP contribution in [0.15, 0.2) is 48.7 Å². The molecule has 3 aromatic rings. The van der Waals surface area contributed by atoms with Gasteiger partial charge in [0.15, 0.2) is 11.8 Å². The third-order valence-corrected chi connectivity index (χ3v) is 4.22. The molecule has 0 fully saturated rings. The Morgan fingerprint density at radius 1 is 1.11 bits per heavy atom. The van der Waals surface area contributed by atoms with E-state index in [9.17, 15) is 9.59 Å². The van der Waals surface area contributed by atoms with E-state index in [4.69, 9.17) is 4.74 Å². The fraction of sp³-hybridized carbons (Fsp3) is 0.238. The van der Waals surface area contributed by atoms with Crippen molar-refractivity contribution < 1.29 is 14.3 Å². The lowest BCUT2D eigenvalue weighted by molar-refractivity contribution is -0.124. The van der Waals surface area contributed by atoms with Crippen molar-refractivity contribution in [2.75, 3.05) is 5.32 Å². The molecule has 27 heavy (non-hydrogen) atoms. The van der Waals surface area contributed by atoms with Crippen molar-refractivity contribution in [2.24, 2.45) is 0 Å². The number of hydrogen-bond donors (Lipinski definition) is 1. The molecule has 6 nitrogen and oxygen atoms in total. The van der Waals surface area contributed by atoms with E-state index in [1.54, 1.807) is 13.0 Å². The Kier molecular flexibility index (Phi) is 5.45. The van der Waals surface area contributed by atoms with E-state index >= 15 is 0 Å². The maximum Gasteiger partial charge on any atom is 0.359 e. The standard InChI is InChI=1S/C21H21N3O3/c1-4-19(20(25)24-17-11-13(2)9-10-14(17)3)27-21(26)18-12-22-15-7-5-6-8-16(15)23-18/h5-12,19H,4H2,1-3H3,(H,24,25). The molecule has 1 atom stereocenters. The minimum Gasteiger partial charge on any atom is -0.447 e. The Hall–Kier alpha value is -3.28. The molecule has 1 N–H and O–H groups in total. The van der Waals surface area contributed by atoms with Gasteiger partial charge in [0.05, 0.1) is 17.2 Å². The van der Waals surface area contributed by atoms with Crippen LogP contribution in [0.5, 0.6) is 0 Å². The molecule has 1 heterocycles. The molecule has 0 saturated heterocycles. The van der Waals surface area contributed by atoms with Gasteiger partial charge in [0.25, 0.3) is 5.91 Å². The van der Waals surface area contributed by atoms with Gasteiger partial charge in [-0.2, -0.15) is 0 Å². The van der Waals surface area contributed by atoms with Crippen LogP contribution in [-0.4, -0.2) is 27.9 Å². The molecule has 0 bridgehead atoms. The first-order chi connectivity index (χ1) is 13.0. The first kappa shape index (κ1) is 18.5. The van der Waals surface area contributed by atoms with Crippen molar-refractivity contribution in [3.8, 4) is 0 Å². The molecule has 0 saturated carbocycles. The number of para-hydroxylation sites is 2. The maximum absolute atomic E-state index is 12.6. The van der Waals surface area contributed by atoms with E-state index in [0.717, 1.165) is 11.1 Å². The lowest BCUT2D eigenvalue weighted by atomic mass is 10.1. The molecular weight excluding hydrogens is 342 g/mol. The molecule has 3 rings (SSSR count). The van der Waals surface area contributed by atoms with Gasteiger partial charge in [0, 0.05) is 5.69 Å². The summed E-state index contributed by atoms with van der Waals surface area (Å²) in [7, 11) is 0. The summed E-state index contributed by atoms with van der Waals surface area (Å²) < 4.78 is 5.39. The largest absolute Gasteiger partial charge is 0.447 e. The van der Waals surface area contributed by atoms with Gasteiger partial charge in [-0.05, 0) is 49.6 Å². The number of esters is 1. The van der Waals surface area contributed by atoms with Crippen LogP contribution in [0.4, 0.5) is 5.69 Å². The van der Waals surface area contributed by atoms with E-state index in [1.807, 2.05) is 50.2 Å². The van der Waals surface area contributed by atoms with Gasteiger partial charge in [-0.15, -0.1) is 0 Å². The van der Waals surface area contributed by atoms with E-state index in [0.29, 0.717) is 23.1 Å². The molecular formula is C21H21N3O3. The number of carbonyl (C=O) groups is 2. The number of nitrogens with zero attached hydrogens (tertiary/aromatic N) is 2. The number of anilines is 1. The number of aromatic nitrogens is 2. The summed E-state index contributed by atoms with van der Waals surface area (Å²) in [5.74, 6) is -1.04. The van der Waals surface area contributed by atoms with Gasteiger partial charge >= 0.3 is 5.97 Å². The number of hydrogen-bond acceptors (Lipinski definition) is 5. The van der Waals surface area contributed by atoms with Crippen LogP contribution in [0.1, 0.15) is 35.0 Å². The second-order valence-electron chi connectivity index (χ2n) is 6.35. The number of amides is 1. The number of nitrogens with one attached hydrogen (secondary N) is 1. The predicted octanol–water partition coefficient (Wildman–Crippen LogP) is 3.82. The van der Waals surface area contributed by atoms with Gasteiger partial charge in [-0.25, -0.2) is 9.78 Å². The van der Waals surface area contributed by atoms with Crippen molar-refractivity contribution in [1.29, 1.82) is 0 Å². The highest BCUT2D eigenvalue weighted by Crippen LogP contribution is 2.18. The molecule has 138 valence electrons. The molecule has 0 spiro atoms. The Bertz CT molecular complexity index is 1000. The van der Waals surface area contributed by atoms with Crippen molar-refractivity contribution in [2.45, 2.75) is 33.3 Å². The zero-order valence-electron chi connectivity index (χ0n) is 15.5. The maximum atomic E-state index is 12.6. The van der Waals surface area contributed by atoms with E-state index < -0.39 is 12.1 Å². The highest BCUT2D eigenvalue weighted by atomic mass is 16.5. The van der Waals surface area contributed by atoms with Crippen molar-refractivity contribution in [1.82, 2.24) is 9.97 Å². The van der Waals surface area contributed by atoms with Crippen LogP contribution in [0, 0.1) is 13.8 Å². The van der Waals surface area contributed by atoms with Crippen LogP contribution in [-0.2, 0) is 9.53 Å². The SMILES string of the molecule is CCC(OC(=O)c1cnc2ccccc2n1)C(=O)Nc1cc(C)ccc1C. The second kappa shape index (κ2) is 7.95. The van der Waals surface area contributed by atoms with E-state index in [1.165, 1.54) is 6.20 Å². The highest BCUT2D eigenvalue weighted by Gasteiger charge is 2.23. The smallest absolute Gasteiger partial charge is 0.359 e. The van der Waals surface area contributed by atoms with Crippen LogP contribution in [0.2, 0.25) is 0 Å². The molecule has 0 aliphatic heterocycles. The van der Waals surface area contributed by atoms with Gasteiger partial charge in [-0.1, -0.05) is 31.2 Å². The monoisotopic (exact) mass is 363 g/mol. The molecule has 1 aromatic heterocycles. The lowest BCUT2D eigenvalue weighted by Gasteiger charge is -2.17. The summed E-state index contributed by atoms with van der Waals surface area (Å²) in [6.45, 7) is 5.64. The van der Waals surface area contributed by atoms with Gasteiger partial charge in [0.1, 0.15) is 0 Å². The molecule has 0 radical (unpaired) electrons. The number of aryl methyl sites for hydroxylation is 2. The van der Waals surface area contributed by atoms with Crippen molar-refractivity contribution >= 4 is 28.6 Å². The Balaban J connectivity index is 1.73. The fourth-order valence-electron chi connectivity index (χ4n) is 2.65. The molecule has 2 aromatic carbocycles. The van der Waals surface area contributed by atoms with Crippen molar-refractivity contribution in [3.63, 3.8) is 0 Å². The first-order valence-electron chi connectivity index (χ1n) is 8.79. The quantitative estimate of drug-likeness (QED) is 0.697. The van der Waals surface area contributed by atoms with Gasteiger partial charge in [-0.3, -0.25) is 9.78 Å². The highest BCUT2D eigenvalue weighted by molar-refractivity contribution is 5.97. The molecule has 0 aliphatic rings. The fourth-order valence-corrected chi connectivity index (χ4v) is 2.65. The third-order valence-electron chi connectivity index (χ3n) is 4.22. The third kappa shape index (κ3) is 4.28. The normalized spacial score (nSPS) is 11.8. The minimum absolute atomic E-state index is 0.0756. The average Bonchev–Trinajstić information content (AvgIpc) is 2.68. The second-order valence-corrected chi connectivity index (χ2v) is 6.35. The molecule has 1 unspecified atom stereocenters. The van der Waals surface area contributed by atoms with Gasteiger partial charge < -0.3 is 10.1 Å². The Labute approximate surface area is 157 Å². The minimum atomic E-state index is -0.911. The molecule has 6 heteroatoms. The number of benzene rings is 2. The average molecular weight is 363 g/mol. The number of fused-ring (bicyclic) bond motifs is 1. The van der Waals surface area contributed by atoms with Crippen LogP contribution in [0.3, 0.4) is 0 Å². The summed E-state index contributed by atoms with van der Waals surface area (Å²) in [5, 5.41) is 2.84. The predicted molar refractivity (Wildman–Crippen MR) is 104 cm³/mol. The summed E-state index contributed by atoms with van der Waals surface area (Å²) in [5.41, 5.74) is 4.04. The number of ether oxygens (including phenoxy) is 1. The molecule has 1 amide bonds. The lowest BCUT2D eigenvalue weighted by Crippen LogP contribution is -2.32. The summed E-state index contributed by atoms with van der Waals surface area (Å²) in [6.07, 6.45) is 0.800. The summed E-state index contributed by atoms with van der Waals surface area (Å²) in [6, 6.07) is 13.0. The summed E-state index contributed by atoms with van der Waals surface area (Å²) >= 11 is 0. The molecule has 0 aliphatic carbocycles. The van der Waals surface area contributed by atoms with Gasteiger partial charge in [0.2, 0.25) is 0 Å². The Morgan fingerprint density at radius 3 is 2.59 bits per heavy atom. The van der Waals surface area contributed by atoms with E-state index in [2.05, 4.69) is 15.3 Å². The summed E-state index contributed by atoms with van der Waals surface area (Å²) in [4.78, 5) is 33.5. The van der Waals surface area contributed by atoms with Crippen molar-refractivity contribution in [3.05, 3.63) is 65.5 Å². The van der Waals surface area contributed by atoms with Crippen LogP contribution in [0.25, 0.3) is 11.0 Å². The number of carbonyl (C=O) groups excluding carboxylic acids is 2. The Morgan fingerprint density at radius 2 is 1.85 bits per heavy atom. The first-order valence-corrected chi connectivity index (χ1v) is 8.79. The van der Waals surface area contributed by atoms with Crippen LogP contribution >= 0.6 is 0 Å². The zero-order valence-corrected chi connectivity index (χ0v) is 15.5. The number of rotatable bonds is 5. The topological polar surface area (TPSA) is 81.2 Å². The van der Waals surface area contributed by atoms with E-state index in [-0.39, 0.29) is 11.6 Å².